The van der Waals surface area contributed by atoms with Gasteiger partial charge in [0.15, 0.2) is 11.5 Å². The predicted octanol–water partition coefficient (Wildman–Crippen LogP) is 3.27. The molecule has 1 aliphatic rings. The zero-order chi connectivity index (χ0) is 16.4. The molecule has 120 valence electrons. The lowest BCUT2D eigenvalue weighted by Crippen LogP contribution is -2.26. The molecule has 0 bridgehead atoms. The molecule has 6 nitrogen and oxygen atoms in total. The second kappa shape index (κ2) is 5.79. The molecule has 1 amide bonds. The molecule has 1 aliphatic heterocycles. The Labute approximate surface area is 134 Å². The van der Waals surface area contributed by atoms with Crippen molar-refractivity contribution < 1.29 is 14.3 Å². The zero-order valence-electron chi connectivity index (χ0n) is 13.3. The molecule has 1 aromatic carbocycles. The van der Waals surface area contributed by atoms with Gasteiger partial charge in [0, 0.05) is 17.3 Å². The number of carbonyl (C=O) groups excluding carboxylic acids is 1. The van der Waals surface area contributed by atoms with Crippen molar-refractivity contribution in [1.29, 1.82) is 0 Å². The minimum Gasteiger partial charge on any atom is -0.454 e. The standard InChI is InChI=1S/C17H19N3O3/c1-17(2,3)20-12-4-6-13(18-9-12)16(21)19-11-5-7-14-15(8-11)23-10-22-14/h4-9,20H,10H2,1-3H3,(H,19,21). The fraction of sp³-hybridized carbons (Fsp3) is 0.294. The van der Waals surface area contributed by atoms with E-state index in [2.05, 4.69) is 36.4 Å². The number of ether oxygens (including phenoxy) is 2. The number of nitrogens with one attached hydrogen (secondary N) is 2. The highest BCUT2D eigenvalue weighted by atomic mass is 16.7. The summed E-state index contributed by atoms with van der Waals surface area (Å²) >= 11 is 0. The third-order valence-corrected chi connectivity index (χ3v) is 3.15. The van der Waals surface area contributed by atoms with Gasteiger partial charge < -0.3 is 20.1 Å². The highest BCUT2D eigenvalue weighted by Crippen LogP contribution is 2.34. The van der Waals surface area contributed by atoms with Gasteiger partial charge in [0.1, 0.15) is 5.69 Å². The summed E-state index contributed by atoms with van der Waals surface area (Å²) in [5, 5.41) is 6.10. The molecule has 6 heteroatoms. The van der Waals surface area contributed by atoms with Gasteiger partial charge in [0.25, 0.3) is 5.91 Å². The molecule has 0 atom stereocenters. The van der Waals surface area contributed by atoms with E-state index in [1.165, 1.54) is 0 Å². The number of benzene rings is 1. The van der Waals surface area contributed by atoms with Crippen molar-refractivity contribution in [1.82, 2.24) is 4.98 Å². The molecule has 0 radical (unpaired) electrons. The van der Waals surface area contributed by atoms with Crippen molar-refractivity contribution in [3.8, 4) is 11.5 Å². The molecule has 3 rings (SSSR count). The minimum atomic E-state index is -0.272. The van der Waals surface area contributed by atoms with Crippen molar-refractivity contribution >= 4 is 17.3 Å². The van der Waals surface area contributed by atoms with Crippen LogP contribution in [0.4, 0.5) is 11.4 Å². The first-order valence-electron chi connectivity index (χ1n) is 7.36. The quantitative estimate of drug-likeness (QED) is 0.910. The van der Waals surface area contributed by atoms with Crippen molar-refractivity contribution in [2.75, 3.05) is 17.4 Å². The molecule has 2 heterocycles. The van der Waals surface area contributed by atoms with Crippen LogP contribution in [0.25, 0.3) is 0 Å². The van der Waals surface area contributed by atoms with E-state index in [4.69, 9.17) is 9.47 Å². The Bertz CT molecular complexity index is 721. The van der Waals surface area contributed by atoms with Gasteiger partial charge >= 0.3 is 0 Å². The molecule has 0 unspecified atom stereocenters. The summed E-state index contributed by atoms with van der Waals surface area (Å²) in [5.41, 5.74) is 1.80. The summed E-state index contributed by atoms with van der Waals surface area (Å²) in [7, 11) is 0. The molecule has 0 aliphatic carbocycles. The lowest BCUT2D eigenvalue weighted by molar-refractivity contribution is 0.102. The number of fused-ring (bicyclic) bond motifs is 1. The van der Waals surface area contributed by atoms with Gasteiger partial charge in [-0.3, -0.25) is 4.79 Å². The normalized spacial score (nSPS) is 12.8. The summed E-state index contributed by atoms with van der Waals surface area (Å²) in [6.45, 7) is 6.39. The van der Waals surface area contributed by atoms with Crippen LogP contribution in [0.1, 0.15) is 31.3 Å². The van der Waals surface area contributed by atoms with Gasteiger partial charge in [0.2, 0.25) is 6.79 Å². The Morgan fingerprint density at radius 2 is 1.83 bits per heavy atom. The highest BCUT2D eigenvalue weighted by Gasteiger charge is 2.15. The third kappa shape index (κ3) is 3.71. The van der Waals surface area contributed by atoms with E-state index in [1.54, 1.807) is 30.5 Å². The summed E-state index contributed by atoms with van der Waals surface area (Å²) < 4.78 is 10.5. The lowest BCUT2D eigenvalue weighted by atomic mass is 10.1. The van der Waals surface area contributed by atoms with Crippen LogP contribution < -0.4 is 20.1 Å². The number of hydrogen-bond donors (Lipinski definition) is 2. The van der Waals surface area contributed by atoms with Crippen LogP contribution >= 0.6 is 0 Å². The molecule has 23 heavy (non-hydrogen) atoms. The van der Waals surface area contributed by atoms with Gasteiger partial charge in [-0.25, -0.2) is 4.98 Å². The third-order valence-electron chi connectivity index (χ3n) is 3.15. The van der Waals surface area contributed by atoms with Crippen LogP contribution in [-0.4, -0.2) is 23.2 Å². The number of pyridine rings is 1. The molecule has 0 spiro atoms. The lowest BCUT2D eigenvalue weighted by Gasteiger charge is -2.21. The van der Waals surface area contributed by atoms with Crippen LogP contribution in [0.15, 0.2) is 36.5 Å². The fourth-order valence-electron chi connectivity index (χ4n) is 2.20. The first kappa shape index (κ1) is 15.1. The molecular formula is C17H19N3O3. The molecule has 0 saturated heterocycles. The second-order valence-electron chi connectivity index (χ2n) is 6.33. The monoisotopic (exact) mass is 313 g/mol. The molecule has 0 saturated carbocycles. The molecule has 2 N–H and O–H groups in total. The van der Waals surface area contributed by atoms with Crippen molar-refractivity contribution in [2.45, 2.75) is 26.3 Å². The zero-order valence-corrected chi connectivity index (χ0v) is 13.3. The summed E-state index contributed by atoms with van der Waals surface area (Å²) in [4.78, 5) is 16.4. The van der Waals surface area contributed by atoms with Gasteiger partial charge in [-0.05, 0) is 45.0 Å². The number of carbonyl (C=O) groups is 1. The minimum absolute atomic E-state index is 0.0576. The Kier molecular flexibility index (Phi) is 3.82. The first-order chi connectivity index (χ1) is 10.9. The van der Waals surface area contributed by atoms with E-state index in [1.807, 2.05) is 6.07 Å². The highest BCUT2D eigenvalue weighted by molar-refractivity contribution is 6.03. The van der Waals surface area contributed by atoms with Crippen LogP contribution in [0.3, 0.4) is 0 Å². The largest absolute Gasteiger partial charge is 0.454 e. The number of rotatable bonds is 3. The Morgan fingerprint density at radius 3 is 2.52 bits per heavy atom. The van der Waals surface area contributed by atoms with Gasteiger partial charge in [-0.15, -0.1) is 0 Å². The first-order valence-corrected chi connectivity index (χ1v) is 7.36. The molecular weight excluding hydrogens is 294 g/mol. The van der Waals surface area contributed by atoms with E-state index in [-0.39, 0.29) is 18.2 Å². The van der Waals surface area contributed by atoms with Crippen molar-refractivity contribution in [3.05, 3.63) is 42.2 Å². The van der Waals surface area contributed by atoms with E-state index < -0.39 is 0 Å². The van der Waals surface area contributed by atoms with E-state index in [0.717, 1.165) is 5.69 Å². The average molecular weight is 313 g/mol. The molecule has 2 aromatic rings. The average Bonchev–Trinajstić information content (AvgIpc) is 2.94. The van der Waals surface area contributed by atoms with Crippen molar-refractivity contribution in [2.24, 2.45) is 0 Å². The maximum absolute atomic E-state index is 12.2. The number of hydrogen-bond acceptors (Lipinski definition) is 5. The van der Waals surface area contributed by atoms with Crippen molar-refractivity contribution in [3.63, 3.8) is 0 Å². The molecule has 1 aromatic heterocycles. The Balaban J connectivity index is 1.68. The summed E-state index contributed by atoms with van der Waals surface area (Å²) in [5.74, 6) is 1.03. The smallest absolute Gasteiger partial charge is 0.274 e. The summed E-state index contributed by atoms with van der Waals surface area (Å²) in [6, 6.07) is 8.79. The van der Waals surface area contributed by atoms with Crippen LogP contribution in [0.5, 0.6) is 11.5 Å². The number of aromatic nitrogens is 1. The van der Waals surface area contributed by atoms with Gasteiger partial charge in [-0.1, -0.05) is 0 Å². The van der Waals surface area contributed by atoms with E-state index >= 15 is 0 Å². The SMILES string of the molecule is CC(C)(C)Nc1ccc(C(=O)Nc2ccc3c(c2)OCO3)nc1. The Hall–Kier alpha value is -2.76. The van der Waals surface area contributed by atoms with Crippen LogP contribution in [-0.2, 0) is 0 Å². The predicted molar refractivity (Wildman–Crippen MR) is 88.1 cm³/mol. The second-order valence-corrected chi connectivity index (χ2v) is 6.33. The molecule has 0 fully saturated rings. The van der Waals surface area contributed by atoms with E-state index in [9.17, 15) is 4.79 Å². The van der Waals surface area contributed by atoms with Crippen LogP contribution in [0, 0.1) is 0 Å². The number of anilines is 2. The maximum Gasteiger partial charge on any atom is 0.274 e. The maximum atomic E-state index is 12.2. The van der Waals surface area contributed by atoms with Crippen LogP contribution in [0.2, 0.25) is 0 Å². The van der Waals surface area contributed by atoms with Gasteiger partial charge in [0.05, 0.1) is 11.9 Å². The van der Waals surface area contributed by atoms with Gasteiger partial charge in [-0.2, -0.15) is 0 Å². The topological polar surface area (TPSA) is 72.5 Å². The Morgan fingerprint density at radius 1 is 1.09 bits per heavy atom. The summed E-state index contributed by atoms with van der Waals surface area (Å²) in [6.07, 6.45) is 1.65. The number of amides is 1. The fourth-order valence-corrected chi connectivity index (χ4v) is 2.20. The number of nitrogens with zero attached hydrogens (tertiary/aromatic N) is 1. The van der Waals surface area contributed by atoms with E-state index in [0.29, 0.717) is 22.9 Å².